The number of thiophene rings is 1. The standard InChI is InChI=1S/C22H20N4OS3/c1-2-11-26-21(27)18-15-7-3-4-9-17(15)30-20(18)25-22(26)29-13-14-12-28-19(24-14)16-8-5-6-10-23-16/h2,5-6,8,10,12H,1,3-4,7,9,11,13H2. The molecule has 4 aromatic rings. The predicted octanol–water partition coefficient (Wildman–Crippen LogP) is 5.33. The molecule has 0 aromatic carbocycles. The Balaban J connectivity index is 1.47. The number of aromatic nitrogens is 4. The highest BCUT2D eigenvalue weighted by Crippen LogP contribution is 2.35. The van der Waals surface area contributed by atoms with Gasteiger partial charge in [0.25, 0.3) is 5.56 Å². The maximum Gasteiger partial charge on any atom is 0.263 e. The van der Waals surface area contributed by atoms with Crippen molar-refractivity contribution in [1.82, 2.24) is 19.5 Å². The molecular formula is C22H20N4OS3. The van der Waals surface area contributed by atoms with Gasteiger partial charge in [-0.2, -0.15) is 0 Å². The van der Waals surface area contributed by atoms with Crippen molar-refractivity contribution in [1.29, 1.82) is 0 Å². The molecule has 4 aromatic heterocycles. The molecule has 0 radical (unpaired) electrons. The van der Waals surface area contributed by atoms with Gasteiger partial charge in [0.2, 0.25) is 0 Å². The van der Waals surface area contributed by atoms with Crippen LogP contribution in [0, 0.1) is 0 Å². The van der Waals surface area contributed by atoms with Crippen LogP contribution in [0.3, 0.4) is 0 Å². The highest BCUT2D eigenvalue weighted by atomic mass is 32.2. The lowest BCUT2D eigenvalue weighted by atomic mass is 9.97. The summed E-state index contributed by atoms with van der Waals surface area (Å²) >= 11 is 4.84. The second-order valence-corrected chi connectivity index (χ2v) is 10.0. The van der Waals surface area contributed by atoms with Gasteiger partial charge in [0.1, 0.15) is 9.84 Å². The molecule has 1 aliphatic carbocycles. The van der Waals surface area contributed by atoms with Gasteiger partial charge in [-0.1, -0.05) is 23.9 Å². The summed E-state index contributed by atoms with van der Waals surface area (Å²) in [6, 6.07) is 5.83. The van der Waals surface area contributed by atoms with Crippen molar-refractivity contribution in [3.05, 3.63) is 68.9 Å². The number of allylic oxidation sites excluding steroid dienone is 1. The van der Waals surface area contributed by atoms with Gasteiger partial charge in [0.05, 0.1) is 16.8 Å². The van der Waals surface area contributed by atoms with Crippen LogP contribution < -0.4 is 5.56 Å². The first-order chi connectivity index (χ1) is 14.7. The molecule has 0 saturated carbocycles. The van der Waals surface area contributed by atoms with Crippen LogP contribution in [0.1, 0.15) is 29.0 Å². The van der Waals surface area contributed by atoms with Crippen molar-refractivity contribution < 1.29 is 0 Å². The molecule has 8 heteroatoms. The average molecular weight is 453 g/mol. The average Bonchev–Trinajstić information content (AvgIpc) is 3.40. The molecule has 30 heavy (non-hydrogen) atoms. The molecule has 5 rings (SSSR count). The normalized spacial score (nSPS) is 13.5. The molecule has 0 unspecified atom stereocenters. The summed E-state index contributed by atoms with van der Waals surface area (Å²) in [6.07, 6.45) is 7.94. The first kappa shape index (κ1) is 19.7. The summed E-state index contributed by atoms with van der Waals surface area (Å²) in [4.78, 5) is 29.5. The third kappa shape index (κ3) is 3.64. The predicted molar refractivity (Wildman–Crippen MR) is 126 cm³/mol. The van der Waals surface area contributed by atoms with Gasteiger partial charge in [-0.3, -0.25) is 14.3 Å². The molecule has 0 fully saturated rings. The van der Waals surface area contributed by atoms with Crippen LogP contribution in [-0.4, -0.2) is 19.5 Å². The first-order valence-electron chi connectivity index (χ1n) is 9.89. The smallest absolute Gasteiger partial charge is 0.263 e. The summed E-state index contributed by atoms with van der Waals surface area (Å²) < 4.78 is 1.76. The number of aryl methyl sites for hydroxylation is 2. The monoisotopic (exact) mass is 452 g/mol. The van der Waals surface area contributed by atoms with Crippen molar-refractivity contribution >= 4 is 44.7 Å². The van der Waals surface area contributed by atoms with Crippen LogP contribution in [0.2, 0.25) is 0 Å². The van der Waals surface area contributed by atoms with Crippen molar-refractivity contribution in [2.24, 2.45) is 0 Å². The van der Waals surface area contributed by atoms with Crippen LogP contribution >= 0.6 is 34.4 Å². The van der Waals surface area contributed by atoms with E-state index in [9.17, 15) is 4.79 Å². The first-order valence-corrected chi connectivity index (χ1v) is 12.6. The van der Waals surface area contributed by atoms with Crippen molar-refractivity contribution in [2.75, 3.05) is 0 Å². The van der Waals surface area contributed by atoms with Crippen LogP contribution in [0.5, 0.6) is 0 Å². The number of hydrogen-bond acceptors (Lipinski definition) is 7. The molecule has 4 heterocycles. The van der Waals surface area contributed by atoms with E-state index in [1.807, 2.05) is 18.2 Å². The van der Waals surface area contributed by atoms with Gasteiger partial charge in [-0.15, -0.1) is 29.3 Å². The second kappa shape index (κ2) is 8.45. The fraction of sp³-hybridized carbons (Fsp3) is 0.273. The van der Waals surface area contributed by atoms with E-state index in [1.54, 1.807) is 51.3 Å². The number of rotatable bonds is 6. The van der Waals surface area contributed by atoms with Crippen molar-refractivity contribution in [3.63, 3.8) is 0 Å². The topological polar surface area (TPSA) is 60.7 Å². The van der Waals surface area contributed by atoms with Crippen molar-refractivity contribution in [3.8, 4) is 10.7 Å². The molecule has 0 spiro atoms. The number of thioether (sulfide) groups is 1. The van der Waals surface area contributed by atoms with E-state index in [1.165, 1.54) is 16.9 Å². The summed E-state index contributed by atoms with van der Waals surface area (Å²) in [5.74, 6) is 0.656. The summed E-state index contributed by atoms with van der Waals surface area (Å²) in [5.41, 5.74) is 3.14. The third-order valence-electron chi connectivity index (χ3n) is 5.14. The Kier molecular flexibility index (Phi) is 5.54. The van der Waals surface area contributed by atoms with Crippen LogP contribution in [-0.2, 0) is 25.1 Å². The van der Waals surface area contributed by atoms with E-state index in [0.29, 0.717) is 12.3 Å². The third-order valence-corrected chi connectivity index (χ3v) is 8.25. The Morgan fingerprint density at radius 1 is 1.23 bits per heavy atom. The Morgan fingerprint density at radius 3 is 2.97 bits per heavy atom. The molecule has 0 saturated heterocycles. The van der Waals surface area contributed by atoms with E-state index in [2.05, 4.69) is 16.9 Å². The zero-order valence-electron chi connectivity index (χ0n) is 16.3. The molecule has 0 amide bonds. The highest BCUT2D eigenvalue weighted by Gasteiger charge is 2.22. The second-order valence-electron chi connectivity index (χ2n) is 7.14. The van der Waals surface area contributed by atoms with Gasteiger partial charge >= 0.3 is 0 Å². The number of nitrogens with zero attached hydrogens (tertiary/aromatic N) is 4. The Labute approximate surface area is 186 Å². The number of thiazole rings is 1. The highest BCUT2D eigenvalue weighted by molar-refractivity contribution is 7.98. The zero-order chi connectivity index (χ0) is 20.5. The zero-order valence-corrected chi connectivity index (χ0v) is 18.8. The molecule has 1 aliphatic rings. The minimum atomic E-state index is 0.0641. The van der Waals surface area contributed by atoms with Gasteiger partial charge < -0.3 is 0 Å². The number of pyridine rings is 1. The molecule has 0 bridgehead atoms. The quantitative estimate of drug-likeness (QED) is 0.225. The minimum absolute atomic E-state index is 0.0641. The van der Waals surface area contributed by atoms with E-state index in [-0.39, 0.29) is 5.56 Å². The van der Waals surface area contributed by atoms with Crippen LogP contribution in [0.15, 0.2) is 52.4 Å². The fourth-order valence-corrected chi connectivity index (χ4v) is 6.84. The van der Waals surface area contributed by atoms with Gasteiger partial charge in [-0.25, -0.2) is 9.97 Å². The number of hydrogen-bond donors (Lipinski definition) is 0. The SMILES string of the molecule is C=CCn1c(SCc2csc(-c3ccccn3)n2)nc2sc3c(c2c1=O)CCCC3. The Hall–Kier alpha value is -2.29. The summed E-state index contributed by atoms with van der Waals surface area (Å²) in [5, 5.41) is 4.52. The Bertz CT molecular complexity index is 1270. The summed E-state index contributed by atoms with van der Waals surface area (Å²) in [6.45, 7) is 4.30. The van der Waals surface area contributed by atoms with Crippen LogP contribution in [0.25, 0.3) is 20.9 Å². The van der Waals surface area contributed by atoms with Crippen LogP contribution in [0.4, 0.5) is 0 Å². The maximum atomic E-state index is 13.3. The largest absolute Gasteiger partial charge is 0.283 e. The van der Waals surface area contributed by atoms with E-state index >= 15 is 0 Å². The molecule has 5 nitrogen and oxygen atoms in total. The fourth-order valence-electron chi connectivity index (χ4n) is 3.74. The lowest BCUT2D eigenvalue weighted by Gasteiger charge is -2.12. The van der Waals surface area contributed by atoms with Gasteiger partial charge in [0, 0.05) is 28.8 Å². The van der Waals surface area contributed by atoms with Gasteiger partial charge in [0.15, 0.2) is 5.16 Å². The van der Waals surface area contributed by atoms with Gasteiger partial charge in [-0.05, 0) is 43.4 Å². The maximum absolute atomic E-state index is 13.3. The number of fused-ring (bicyclic) bond motifs is 3. The lowest BCUT2D eigenvalue weighted by molar-refractivity contribution is 0.668. The van der Waals surface area contributed by atoms with Crippen molar-refractivity contribution in [2.45, 2.75) is 43.1 Å². The molecule has 0 aliphatic heterocycles. The van der Waals surface area contributed by atoms with E-state index < -0.39 is 0 Å². The lowest BCUT2D eigenvalue weighted by Crippen LogP contribution is -2.23. The molecular weight excluding hydrogens is 432 g/mol. The Morgan fingerprint density at radius 2 is 2.13 bits per heavy atom. The minimum Gasteiger partial charge on any atom is -0.283 e. The van der Waals surface area contributed by atoms with E-state index in [0.717, 1.165) is 51.0 Å². The summed E-state index contributed by atoms with van der Waals surface area (Å²) in [7, 11) is 0. The molecule has 152 valence electrons. The molecule has 0 N–H and O–H groups in total. The van der Waals surface area contributed by atoms with E-state index in [4.69, 9.17) is 9.97 Å². The molecule has 0 atom stereocenters.